The van der Waals surface area contributed by atoms with E-state index in [2.05, 4.69) is 20.5 Å². The summed E-state index contributed by atoms with van der Waals surface area (Å²) in [4.78, 5) is 20.5. The molecule has 2 aromatic rings. The number of nitriles is 1. The average Bonchev–Trinajstić information content (AvgIpc) is 3.01. The molecule has 128 valence electrons. The molecule has 7 nitrogen and oxygen atoms in total. The van der Waals surface area contributed by atoms with Gasteiger partial charge in [-0.2, -0.15) is 5.26 Å². The molecule has 0 aliphatic carbocycles. The largest absolute Gasteiger partial charge is 0.365 e. The zero-order chi connectivity index (χ0) is 18.0. The lowest BCUT2D eigenvalue weighted by Crippen LogP contribution is -2.19. The fourth-order valence-electron chi connectivity index (χ4n) is 2.94. The molecule has 7 heteroatoms. The minimum absolute atomic E-state index is 0.394. The van der Waals surface area contributed by atoms with Crippen molar-refractivity contribution in [2.24, 2.45) is 0 Å². The minimum Gasteiger partial charge on any atom is -0.365 e. The van der Waals surface area contributed by atoms with E-state index in [1.165, 1.54) is 0 Å². The predicted molar refractivity (Wildman–Crippen MR) is 98.1 cm³/mol. The first-order chi connectivity index (χ1) is 12.0. The molecule has 0 bridgehead atoms. The Hall–Kier alpha value is -3.27. The molecule has 0 fully saturated rings. The number of nitrogens with zero attached hydrogens (tertiary/aromatic N) is 4. The Labute approximate surface area is 146 Å². The van der Waals surface area contributed by atoms with Gasteiger partial charge in [0.25, 0.3) is 5.91 Å². The maximum absolute atomic E-state index is 11.9. The number of nitrogens with one attached hydrogen (secondary N) is 2. The first-order valence-electron chi connectivity index (χ1n) is 8.06. The molecule has 0 spiro atoms. The summed E-state index contributed by atoms with van der Waals surface area (Å²) in [5.74, 6) is 0.438. The van der Waals surface area contributed by atoms with Crippen LogP contribution in [-0.4, -0.2) is 31.7 Å². The average molecular weight is 336 g/mol. The fourth-order valence-corrected chi connectivity index (χ4v) is 2.94. The highest BCUT2D eigenvalue weighted by Crippen LogP contribution is 2.35. The van der Waals surface area contributed by atoms with Crippen LogP contribution in [-0.2, 0) is 6.42 Å². The lowest BCUT2D eigenvalue weighted by atomic mass is 10.0. The second kappa shape index (κ2) is 6.69. The Balaban J connectivity index is 1.95. The number of rotatable bonds is 4. The van der Waals surface area contributed by atoms with Gasteiger partial charge in [-0.25, -0.2) is 4.98 Å². The number of fused-ring (bicyclic) bond motifs is 1. The fraction of sp³-hybridized carbons (Fsp3) is 0.278. The second-order valence-corrected chi connectivity index (χ2v) is 5.91. The van der Waals surface area contributed by atoms with E-state index < -0.39 is 5.91 Å². The first kappa shape index (κ1) is 16.6. The number of aryl methyl sites for hydroxylation is 1. The summed E-state index contributed by atoms with van der Waals surface area (Å²) in [6, 6.07) is 7.48. The molecule has 0 unspecified atom stereocenters. The smallest absolute Gasteiger partial charge is 0.264 e. The Morgan fingerprint density at radius 3 is 3.00 bits per heavy atom. The van der Waals surface area contributed by atoms with Crippen molar-refractivity contribution in [3.8, 4) is 6.19 Å². The molecule has 0 radical (unpaired) electrons. The highest BCUT2D eigenvalue weighted by molar-refractivity contribution is 5.96. The summed E-state index contributed by atoms with van der Waals surface area (Å²) in [5.41, 5.74) is 4.61. The van der Waals surface area contributed by atoms with E-state index in [-0.39, 0.29) is 0 Å². The van der Waals surface area contributed by atoms with Gasteiger partial charge in [-0.05, 0) is 30.2 Å². The van der Waals surface area contributed by atoms with Crippen LogP contribution in [0.15, 0.2) is 30.5 Å². The van der Waals surface area contributed by atoms with E-state index in [0.717, 1.165) is 41.5 Å². The van der Waals surface area contributed by atoms with Crippen LogP contribution < -0.4 is 20.4 Å². The van der Waals surface area contributed by atoms with Crippen LogP contribution in [0.4, 0.5) is 22.9 Å². The van der Waals surface area contributed by atoms with Crippen LogP contribution in [0.3, 0.4) is 0 Å². The van der Waals surface area contributed by atoms with Gasteiger partial charge in [0.15, 0.2) is 6.19 Å². The number of carbonyl (C=O) groups is 1. The lowest BCUT2D eigenvalue weighted by Gasteiger charge is -2.23. The topological polar surface area (TPSA) is 84.3 Å². The number of benzene rings is 1. The summed E-state index contributed by atoms with van der Waals surface area (Å²) in [6.45, 7) is 2.81. The first-order valence-corrected chi connectivity index (χ1v) is 8.06. The van der Waals surface area contributed by atoms with Crippen molar-refractivity contribution in [3.63, 3.8) is 0 Å². The number of hydrogen-bond acceptors (Lipinski definition) is 6. The van der Waals surface area contributed by atoms with Crippen LogP contribution in [0.2, 0.25) is 0 Å². The molecule has 1 aliphatic heterocycles. The normalized spacial score (nSPS) is 12.2. The molecule has 0 saturated heterocycles. The molecule has 1 aromatic heterocycles. The van der Waals surface area contributed by atoms with Gasteiger partial charge >= 0.3 is 0 Å². The number of amides is 1. The summed E-state index contributed by atoms with van der Waals surface area (Å²) in [6.07, 6.45) is 4.27. The predicted octanol–water partition coefficient (Wildman–Crippen LogP) is 2.44. The molecule has 2 N–H and O–H groups in total. The zero-order valence-electron chi connectivity index (χ0n) is 14.5. The zero-order valence-corrected chi connectivity index (χ0v) is 14.5. The van der Waals surface area contributed by atoms with Crippen molar-refractivity contribution >= 4 is 28.8 Å². The molecule has 3 rings (SSSR count). The van der Waals surface area contributed by atoms with Crippen LogP contribution in [0.25, 0.3) is 0 Å². The van der Waals surface area contributed by atoms with Gasteiger partial charge in [-0.1, -0.05) is 6.92 Å². The van der Waals surface area contributed by atoms with Gasteiger partial charge in [0.1, 0.15) is 5.82 Å². The van der Waals surface area contributed by atoms with Crippen LogP contribution in [0.1, 0.15) is 22.8 Å². The molecule has 1 aliphatic rings. The van der Waals surface area contributed by atoms with Gasteiger partial charge in [0, 0.05) is 31.4 Å². The molecule has 2 heterocycles. The Bertz CT molecular complexity index is 857. The summed E-state index contributed by atoms with van der Waals surface area (Å²) < 4.78 is 0. The molecule has 1 amide bonds. The maximum Gasteiger partial charge on any atom is 0.264 e. The van der Waals surface area contributed by atoms with Gasteiger partial charge in [-0.3, -0.25) is 10.1 Å². The number of pyridine rings is 1. The third-order valence-corrected chi connectivity index (χ3v) is 4.38. The SMILES string of the molecule is CCc1cc(C(=O)NC#N)ccc1N(C)c1cc2c(cn1)NCN2C. The molecule has 25 heavy (non-hydrogen) atoms. The van der Waals surface area contributed by atoms with Gasteiger partial charge in [-0.15, -0.1) is 0 Å². The van der Waals surface area contributed by atoms with Gasteiger partial charge < -0.3 is 15.1 Å². The number of carbonyl (C=O) groups excluding carboxylic acids is 1. The van der Waals surface area contributed by atoms with E-state index in [1.54, 1.807) is 12.3 Å². The van der Waals surface area contributed by atoms with Crippen molar-refractivity contribution in [2.75, 3.05) is 35.9 Å². The maximum atomic E-state index is 11.9. The summed E-state index contributed by atoms with van der Waals surface area (Å²) in [5, 5.41) is 14.0. The molecule has 0 atom stereocenters. The molecule has 0 saturated carbocycles. The quantitative estimate of drug-likeness (QED) is 0.659. The van der Waals surface area contributed by atoms with Crippen molar-refractivity contribution < 1.29 is 4.79 Å². The monoisotopic (exact) mass is 336 g/mol. The van der Waals surface area contributed by atoms with Gasteiger partial charge in [0.2, 0.25) is 0 Å². The second-order valence-electron chi connectivity index (χ2n) is 5.91. The third kappa shape index (κ3) is 3.06. The van der Waals surface area contributed by atoms with E-state index >= 15 is 0 Å². The van der Waals surface area contributed by atoms with Crippen molar-refractivity contribution in [3.05, 3.63) is 41.6 Å². The highest BCUT2D eigenvalue weighted by Gasteiger charge is 2.19. The standard InChI is InChI=1S/C18H20N6O/c1-4-12-7-13(18(25)21-10-19)5-6-15(12)24(3)17-8-16-14(9-20-17)22-11-23(16)2/h5-9,22H,4,11H2,1-3H3,(H,21,25). The lowest BCUT2D eigenvalue weighted by molar-refractivity contribution is 0.0973. The van der Waals surface area contributed by atoms with Gasteiger partial charge in [0.05, 0.1) is 24.2 Å². The van der Waals surface area contributed by atoms with E-state index in [0.29, 0.717) is 5.56 Å². The number of hydrogen-bond donors (Lipinski definition) is 2. The third-order valence-electron chi connectivity index (χ3n) is 4.38. The summed E-state index contributed by atoms with van der Waals surface area (Å²) >= 11 is 0. The Morgan fingerprint density at radius 2 is 2.28 bits per heavy atom. The summed E-state index contributed by atoms with van der Waals surface area (Å²) in [7, 11) is 3.99. The Morgan fingerprint density at radius 1 is 1.48 bits per heavy atom. The molecular formula is C18H20N6O. The van der Waals surface area contributed by atoms with E-state index in [4.69, 9.17) is 5.26 Å². The van der Waals surface area contributed by atoms with E-state index in [1.807, 2.05) is 50.3 Å². The number of aromatic nitrogens is 1. The minimum atomic E-state index is -0.394. The molecule has 1 aromatic carbocycles. The van der Waals surface area contributed by atoms with E-state index in [9.17, 15) is 4.79 Å². The molecular weight excluding hydrogens is 316 g/mol. The van der Waals surface area contributed by atoms with Crippen LogP contribution >= 0.6 is 0 Å². The highest BCUT2D eigenvalue weighted by atomic mass is 16.1. The van der Waals surface area contributed by atoms with Crippen LogP contribution in [0.5, 0.6) is 0 Å². The van der Waals surface area contributed by atoms with Crippen molar-refractivity contribution in [2.45, 2.75) is 13.3 Å². The van der Waals surface area contributed by atoms with Crippen molar-refractivity contribution in [1.82, 2.24) is 10.3 Å². The number of anilines is 4. The van der Waals surface area contributed by atoms with Crippen LogP contribution in [0, 0.1) is 11.5 Å². The Kier molecular flexibility index (Phi) is 4.44. The van der Waals surface area contributed by atoms with Crippen molar-refractivity contribution in [1.29, 1.82) is 5.26 Å².